The summed E-state index contributed by atoms with van der Waals surface area (Å²) in [4.78, 5) is 0. The number of rotatable bonds is 3. The molecule has 0 amide bonds. The van der Waals surface area contributed by atoms with Gasteiger partial charge in [-0.25, -0.2) is 0 Å². The van der Waals surface area contributed by atoms with Gasteiger partial charge in [-0.1, -0.05) is 36.3 Å². The number of ether oxygens (including phenoxy) is 3. The first kappa shape index (κ1) is 14.6. The lowest BCUT2D eigenvalue weighted by molar-refractivity contribution is -0.185. The molecule has 2 aliphatic rings. The lowest BCUT2D eigenvalue weighted by Crippen LogP contribution is -2.37. The molecule has 1 N–H and O–H groups in total. The van der Waals surface area contributed by atoms with Gasteiger partial charge in [0, 0.05) is 0 Å². The van der Waals surface area contributed by atoms with Gasteiger partial charge in [0.1, 0.15) is 18.3 Å². The molecular formula is C17H20O4. The second-order valence-electron chi connectivity index (χ2n) is 6.01. The Balaban J connectivity index is 1.73. The maximum atomic E-state index is 10.4. The molecule has 1 aliphatic heterocycles. The Kier molecular flexibility index (Phi) is 3.76. The Morgan fingerprint density at radius 1 is 1.24 bits per heavy atom. The van der Waals surface area contributed by atoms with Gasteiger partial charge in [0.25, 0.3) is 0 Å². The zero-order valence-electron chi connectivity index (χ0n) is 12.2. The van der Waals surface area contributed by atoms with Gasteiger partial charge in [-0.3, -0.25) is 0 Å². The molecule has 0 spiro atoms. The van der Waals surface area contributed by atoms with E-state index in [4.69, 9.17) is 20.6 Å². The molecule has 1 aromatic carbocycles. The molecule has 1 aliphatic carbocycles. The van der Waals surface area contributed by atoms with E-state index in [9.17, 15) is 5.11 Å². The third-order valence-corrected chi connectivity index (χ3v) is 4.02. The number of hydrogen-bond donors (Lipinski definition) is 1. The molecule has 2 fully saturated rings. The summed E-state index contributed by atoms with van der Waals surface area (Å²) in [6, 6.07) is 9.82. The average Bonchev–Trinajstić information content (AvgIpc) is 2.87. The Morgan fingerprint density at radius 3 is 2.57 bits per heavy atom. The topological polar surface area (TPSA) is 47.9 Å². The summed E-state index contributed by atoms with van der Waals surface area (Å²) in [5.41, 5.74) is 1.04. The highest BCUT2D eigenvalue weighted by molar-refractivity contribution is 5.16. The Bertz CT molecular complexity index is 533. The van der Waals surface area contributed by atoms with Gasteiger partial charge >= 0.3 is 0 Å². The van der Waals surface area contributed by atoms with Crippen LogP contribution in [-0.4, -0.2) is 35.3 Å². The fourth-order valence-corrected chi connectivity index (χ4v) is 3.10. The van der Waals surface area contributed by atoms with E-state index in [1.165, 1.54) is 0 Å². The van der Waals surface area contributed by atoms with E-state index in [2.05, 4.69) is 5.92 Å². The summed E-state index contributed by atoms with van der Waals surface area (Å²) in [6.45, 7) is 4.10. The Labute approximate surface area is 125 Å². The highest BCUT2D eigenvalue weighted by Gasteiger charge is 2.58. The maximum Gasteiger partial charge on any atom is 0.163 e. The lowest BCUT2D eigenvalue weighted by Gasteiger charge is -2.25. The third kappa shape index (κ3) is 2.70. The molecule has 4 heteroatoms. The van der Waals surface area contributed by atoms with Crippen molar-refractivity contribution in [1.29, 1.82) is 0 Å². The number of aliphatic hydroxyl groups is 1. The zero-order valence-corrected chi connectivity index (χ0v) is 12.2. The molecule has 1 saturated heterocycles. The van der Waals surface area contributed by atoms with Crippen molar-refractivity contribution >= 4 is 0 Å². The van der Waals surface area contributed by atoms with E-state index in [-0.39, 0.29) is 12.2 Å². The molecule has 112 valence electrons. The van der Waals surface area contributed by atoms with Crippen LogP contribution in [0.1, 0.15) is 19.4 Å². The van der Waals surface area contributed by atoms with Gasteiger partial charge in [-0.05, 0) is 19.4 Å². The van der Waals surface area contributed by atoms with E-state index < -0.39 is 23.9 Å². The predicted octanol–water partition coefficient (Wildman–Crippen LogP) is 1.72. The van der Waals surface area contributed by atoms with Gasteiger partial charge < -0.3 is 19.3 Å². The lowest BCUT2D eigenvalue weighted by atomic mass is 10.0. The quantitative estimate of drug-likeness (QED) is 0.860. The fourth-order valence-electron chi connectivity index (χ4n) is 3.10. The average molecular weight is 288 g/mol. The first-order valence-electron chi connectivity index (χ1n) is 7.17. The number of aliphatic hydroxyl groups excluding tert-OH is 1. The highest BCUT2D eigenvalue weighted by atomic mass is 16.8. The van der Waals surface area contributed by atoms with Crippen LogP contribution in [0.4, 0.5) is 0 Å². The summed E-state index contributed by atoms with van der Waals surface area (Å²) in [5.74, 6) is 1.52. The molecule has 3 rings (SSSR count). The predicted molar refractivity (Wildman–Crippen MR) is 77.2 cm³/mol. The van der Waals surface area contributed by atoms with Crippen LogP contribution < -0.4 is 0 Å². The van der Waals surface area contributed by atoms with Crippen LogP contribution in [0.25, 0.3) is 0 Å². The number of hydrogen-bond acceptors (Lipinski definition) is 4. The maximum absolute atomic E-state index is 10.4. The molecule has 0 unspecified atom stereocenters. The van der Waals surface area contributed by atoms with Crippen LogP contribution in [0.15, 0.2) is 30.3 Å². The van der Waals surface area contributed by atoms with E-state index in [1.807, 2.05) is 44.2 Å². The van der Waals surface area contributed by atoms with Crippen LogP contribution >= 0.6 is 0 Å². The standard InChI is InChI=1S/C17H20O4/c1-4-12-13(18)15(16-14(12)20-17(2,3)21-16)19-10-11-8-6-5-7-9-11/h1,5-9,12-16,18H,10H2,2-3H3/t12-,13-,14+,15+,16+/m1/s1. The minimum atomic E-state index is -0.773. The van der Waals surface area contributed by atoms with Crippen molar-refractivity contribution in [3.63, 3.8) is 0 Å². The summed E-state index contributed by atoms with van der Waals surface area (Å²) in [7, 11) is 0. The van der Waals surface area contributed by atoms with E-state index >= 15 is 0 Å². The van der Waals surface area contributed by atoms with Crippen molar-refractivity contribution in [1.82, 2.24) is 0 Å². The largest absolute Gasteiger partial charge is 0.389 e. The monoisotopic (exact) mass is 288 g/mol. The van der Waals surface area contributed by atoms with Crippen LogP contribution in [-0.2, 0) is 20.8 Å². The molecule has 0 aromatic heterocycles. The minimum absolute atomic E-state index is 0.319. The second-order valence-corrected chi connectivity index (χ2v) is 6.01. The SMILES string of the molecule is C#C[C@@H]1[C@@H](O)[C@H](OCc2ccccc2)[C@H]2OC(C)(C)O[C@@H]12. The van der Waals surface area contributed by atoms with Gasteiger partial charge in [0.15, 0.2) is 5.79 Å². The summed E-state index contributed by atoms with van der Waals surface area (Å²) < 4.78 is 17.6. The highest BCUT2D eigenvalue weighted by Crippen LogP contribution is 2.42. The number of terminal acetylenes is 1. The molecule has 4 nitrogen and oxygen atoms in total. The molecule has 1 saturated carbocycles. The van der Waals surface area contributed by atoms with Gasteiger partial charge in [0.2, 0.25) is 0 Å². The van der Waals surface area contributed by atoms with Crippen molar-refractivity contribution in [3.8, 4) is 12.3 Å². The molecule has 5 atom stereocenters. The van der Waals surface area contributed by atoms with Crippen molar-refractivity contribution in [2.45, 2.75) is 50.7 Å². The summed E-state index contributed by atoms with van der Waals surface area (Å²) in [5, 5.41) is 10.4. The summed E-state index contributed by atoms with van der Waals surface area (Å²) >= 11 is 0. The Morgan fingerprint density at radius 2 is 1.90 bits per heavy atom. The van der Waals surface area contributed by atoms with E-state index in [0.29, 0.717) is 6.61 Å². The van der Waals surface area contributed by atoms with Crippen molar-refractivity contribution in [3.05, 3.63) is 35.9 Å². The van der Waals surface area contributed by atoms with Crippen LogP contribution in [0.2, 0.25) is 0 Å². The van der Waals surface area contributed by atoms with Crippen LogP contribution in [0.3, 0.4) is 0 Å². The van der Waals surface area contributed by atoms with E-state index in [1.54, 1.807) is 0 Å². The number of benzene rings is 1. The molecule has 21 heavy (non-hydrogen) atoms. The van der Waals surface area contributed by atoms with Crippen LogP contribution in [0, 0.1) is 18.3 Å². The van der Waals surface area contributed by atoms with Gasteiger partial charge in [0.05, 0.1) is 18.6 Å². The van der Waals surface area contributed by atoms with Crippen molar-refractivity contribution in [2.75, 3.05) is 0 Å². The minimum Gasteiger partial charge on any atom is -0.389 e. The zero-order chi connectivity index (χ0) is 15.0. The molecule has 0 radical (unpaired) electrons. The summed E-state index contributed by atoms with van der Waals surface area (Å²) in [6.07, 6.45) is 3.64. The van der Waals surface area contributed by atoms with Crippen LogP contribution in [0.5, 0.6) is 0 Å². The number of fused-ring (bicyclic) bond motifs is 1. The normalized spacial score (nSPS) is 37.1. The van der Waals surface area contributed by atoms with Crippen molar-refractivity contribution < 1.29 is 19.3 Å². The molecular weight excluding hydrogens is 268 g/mol. The second kappa shape index (κ2) is 5.43. The fraction of sp³-hybridized carbons (Fsp3) is 0.529. The van der Waals surface area contributed by atoms with E-state index in [0.717, 1.165) is 5.56 Å². The van der Waals surface area contributed by atoms with Crippen molar-refractivity contribution in [2.24, 2.45) is 5.92 Å². The Hall–Kier alpha value is -1.38. The first-order chi connectivity index (χ1) is 10.0. The third-order valence-electron chi connectivity index (χ3n) is 4.02. The first-order valence-corrected chi connectivity index (χ1v) is 7.17. The van der Waals surface area contributed by atoms with Gasteiger partial charge in [-0.15, -0.1) is 6.42 Å². The molecule has 0 bridgehead atoms. The smallest absolute Gasteiger partial charge is 0.163 e. The molecule has 1 heterocycles. The van der Waals surface area contributed by atoms with Gasteiger partial charge in [-0.2, -0.15) is 0 Å². The molecule has 1 aromatic rings.